The van der Waals surface area contributed by atoms with Crippen molar-refractivity contribution < 1.29 is 4.79 Å². The highest BCUT2D eigenvalue weighted by Gasteiger charge is 2.23. The molecule has 3 rings (SSSR count). The van der Waals surface area contributed by atoms with Crippen LogP contribution < -0.4 is 5.32 Å². The van der Waals surface area contributed by atoms with Crippen molar-refractivity contribution in [3.63, 3.8) is 0 Å². The molecule has 1 fully saturated rings. The third kappa shape index (κ3) is 4.32. The van der Waals surface area contributed by atoms with Crippen LogP contribution in [-0.2, 0) is 11.2 Å². The highest BCUT2D eigenvalue weighted by atomic mass is 32.2. The van der Waals surface area contributed by atoms with Gasteiger partial charge in [0.25, 0.3) is 0 Å². The Hall–Kier alpha value is -1.40. The van der Waals surface area contributed by atoms with Crippen molar-refractivity contribution in [1.82, 2.24) is 15.1 Å². The third-order valence-electron chi connectivity index (χ3n) is 3.78. The van der Waals surface area contributed by atoms with Crippen molar-refractivity contribution in [2.75, 3.05) is 18.1 Å². The number of benzene rings is 1. The molecule has 0 radical (unpaired) electrons. The molecule has 1 aliphatic rings. The number of aromatic nitrogens is 2. The van der Waals surface area contributed by atoms with Gasteiger partial charge in [-0.3, -0.25) is 4.79 Å². The first-order valence-electron chi connectivity index (χ1n) is 7.85. The van der Waals surface area contributed by atoms with Crippen LogP contribution in [0.3, 0.4) is 0 Å². The van der Waals surface area contributed by atoms with Crippen LogP contribution in [0.15, 0.2) is 36.5 Å². The van der Waals surface area contributed by atoms with Crippen LogP contribution in [0.2, 0.25) is 0 Å². The molecule has 122 valence electrons. The number of nitrogens with one attached hydrogen (secondary N) is 1. The lowest BCUT2D eigenvalue weighted by molar-refractivity contribution is -0.119. The largest absolute Gasteiger partial charge is 0.354 e. The molecule has 0 aliphatic carbocycles. The van der Waals surface area contributed by atoms with Crippen molar-refractivity contribution >= 4 is 29.4 Å². The van der Waals surface area contributed by atoms with Crippen molar-refractivity contribution in [2.24, 2.45) is 0 Å². The average molecular weight is 348 g/mol. The minimum atomic E-state index is 0.0950. The van der Waals surface area contributed by atoms with Gasteiger partial charge >= 0.3 is 0 Å². The van der Waals surface area contributed by atoms with Crippen LogP contribution >= 0.6 is 23.5 Å². The summed E-state index contributed by atoms with van der Waals surface area (Å²) in [4.78, 5) is 11.9. The Morgan fingerprint density at radius 3 is 2.78 bits per heavy atom. The van der Waals surface area contributed by atoms with E-state index in [-0.39, 0.29) is 10.5 Å². The van der Waals surface area contributed by atoms with Crippen LogP contribution in [0.25, 0.3) is 5.69 Å². The van der Waals surface area contributed by atoms with E-state index in [1.54, 1.807) is 23.5 Å². The fourth-order valence-corrected chi connectivity index (χ4v) is 5.17. The third-order valence-corrected chi connectivity index (χ3v) is 6.77. The van der Waals surface area contributed by atoms with Crippen molar-refractivity contribution in [3.05, 3.63) is 47.8 Å². The first-order valence-corrected chi connectivity index (χ1v) is 9.95. The van der Waals surface area contributed by atoms with Crippen LogP contribution in [0, 0.1) is 6.92 Å². The molecule has 4 nitrogen and oxygen atoms in total. The predicted octanol–water partition coefficient (Wildman–Crippen LogP) is 3.04. The Bertz CT molecular complexity index is 651. The zero-order chi connectivity index (χ0) is 16.1. The molecule has 0 unspecified atom stereocenters. The molecule has 6 heteroatoms. The zero-order valence-corrected chi connectivity index (χ0v) is 14.8. The second-order valence-electron chi connectivity index (χ2n) is 5.49. The quantitative estimate of drug-likeness (QED) is 0.816. The number of rotatable bonds is 6. The molecule has 0 atom stereocenters. The Morgan fingerprint density at radius 1 is 1.30 bits per heavy atom. The number of hydrogen-bond donors (Lipinski definition) is 1. The van der Waals surface area contributed by atoms with E-state index in [0.717, 1.165) is 42.3 Å². The van der Waals surface area contributed by atoms with Gasteiger partial charge in [0.05, 0.1) is 11.4 Å². The van der Waals surface area contributed by atoms with Crippen molar-refractivity contribution in [2.45, 2.75) is 24.3 Å². The molecule has 2 aromatic rings. The topological polar surface area (TPSA) is 46.9 Å². The second kappa shape index (κ2) is 7.93. The van der Waals surface area contributed by atoms with Crippen LogP contribution in [-0.4, -0.2) is 38.3 Å². The molecule has 1 amide bonds. The Morgan fingerprint density at radius 2 is 2.04 bits per heavy atom. The van der Waals surface area contributed by atoms with Gasteiger partial charge in [0, 0.05) is 24.2 Å². The maximum absolute atomic E-state index is 11.9. The Labute approximate surface area is 145 Å². The lowest BCUT2D eigenvalue weighted by Crippen LogP contribution is -2.30. The summed E-state index contributed by atoms with van der Waals surface area (Å²) in [5.74, 6) is 2.34. The van der Waals surface area contributed by atoms with Gasteiger partial charge < -0.3 is 5.32 Å². The molecule has 1 saturated heterocycles. The number of carbonyl (C=O) groups excluding carboxylic acids is 1. The normalized spacial score (nSPS) is 15.0. The summed E-state index contributed by atoms with van der Waals surface area (Å²) in [6, 6.07) is 10.1. The average Bonchev–Trinajstić information content (AvgIpc) is 3.22. The number of nitrogens with zero attached hydrogens (tertiary/aromatic N) is 2. The van der Waals surface area contributed by atoms with E-state index in [1.165, 1.54) is 5.56 Å². The number of para-hydroxylation sites is 1. The smallest absolute Gasteiger partial charge is 0.243 e. The minimum absolute atomic E-state index is 0.0950. The summed E-state index contributed by atoms with van der Waals surface area (Å²) in [5.41, 5.74) is 3.38. The summed E-state index contributed by atoms with van der Waals surface area (Å²) in [6.07, 6.45) is 3.97. The molecular weight excluding hydrogens is 326 g/mol. The summed E-state index contributed by atoms with van der Waals surface area (Å²) in [5, 5.41) is 7.63. The predicted molar refractivity (Wildman–Crippen MR) is 98.3 cm³/mol. The number of carbonyl (C=O) groups is 1. The molecule has 1 aliphatic heterocycles. The highest BCUT2D eigenvalue weighted by Crippen LogP contribution is 2.31. The van der Waals surface area contributed by atoms with E-state index >= 15 is 0 Å². The van der Waals surface area contributed by atoms with E-state index in [2.05, 4.69) is 16.6 Å². The first kappa shape index (κ1) is 16.5. The zero-order valence-electron chi connectivity index (χ0n) is 13.2. The Kier molecular flexibility index (Phi) is 5.67. The van der Waals surface area contributed by atoms with Crippen LogP contribution in [0.5, 0.6) is 0 Å². The molecule has 2 heterocycles. The summed E-state index contributed by atoms with van der Waals surface area (Å²) in [7, 11) is 0. The molecule has 1 aromatic carbocycles. The fraction of sp³-hybridized carbons (Fsp3) is 0.412. The first-order chi connectivity index (χ1) is 11.2. The van der Waals surface area contributed by atoms with Gasteiger partial charge in [-0.15, -0.1) is 23.5 Å². The van der Waals surface area contributed by atoms with E-state index in [4.69, 9.17) is 0 Å². The minimum Gasteiger partial charge on any atom is -0.354 e. The van der Waals surface area contributed by atoms with Gasteiger partial charge in [0.15, 0.2) is 0 Å². The highest BCUT2D eigenvalue weighted by molar-refractivity contribution is 8.21. The Balaban J connectivity index is 1.49. The van der Waals surface area contributed by atoms with Gasteiger partial charge in [-0.25, -0.2) is 4.68 Å². The molecule has 0 saturated carbocycles. The van der Waals surface area contributed by atoms with Crippen molar-refractivity contribution in [1.29, 1.82) is 0 Å². The van der Waals surface area contributed by atoms with Crippen LogP contribution in [0.1, 0.15) is 17.7 Å². The maximum atomic E-state index is 11.9. The number of hydrogen-bond acceptors (Lipinski definition) is 4. The molecule has 23 heavy (non-hydrogen) atoms. The molecule has 0 spiro atoms. The van der Waals surface area contributed by atoms with Gasteiger partial charge in [-0.2, -0.15) is 5.10 Å². The van der Waals surface area contributed by atoms with E-state index < -0.39 is 0 Å². The number of aryl methyl sites for hydroxylation is 2. The van der Waals surface area contributed by atoms with E-state index in [9.17, 15) is 4.79 Å². The number of amides is 1. The summed E-state index contributed by atoms with van der Waals surface area (Å²) < 4.78 is 2.02. The lowest BCUT2D eigenvalue weighted by Gasteiger charge is -2.08. The SMILES string of the molecule is Cc1nn(-c2ccccc2)cc1CCCNC(=O)C1SCCS1. The summed E-state index contributed by atoms with van der Waals surface area (Å²) in [6.45, 7) is 2.77. The van der Waals surface area contributed by atoms with E-state index in [1.807, 2.05) is 41.9 Å². The van der Waals surface area contributed by atoms with Gasteiger partial charge in [0.2, 0.25) is 5.91 Å². The molecule has 1 aromatic heterocycles. The molecular formula is C17H21N3OS2. The molecule has 1 N–H and O–H groups in total. The van der Waals surface area contributed by atoms with Gasteiger partial charge in [-0.05, 0) is 37.5 Å². The lowest BCUT2D eigenvalue weighted by atomic mass is 10.1. The van der Waals surface area contributed by atoms with E-state index in [0.29, 0.717) is 0 Å². The fourth-order valence-electron chi connectivity index (χ4n) is 2.54. The van der Waals surface area contributed by atoms with Gasteiger partial charge in [0.1, 0.15) is 4.58 Å². The monoisotopic (exact) mass is 347 g/mol. The maximum Gasteiger partial charge on any atom is 0.243 e. The standard InChI is InChI=1S/C17H21N3OS2/c1-13-14(12-20(19-13)15-7-3-2-4-8-15)6-5-9-18-16(21)17-22-10-11-23-17/h2-4,7-8,12,17H,5-6,9-11H2,1H3,(H,18,21). The molecule has 0 bridgehead atoms. The second-order valence-corrected chi connectivity index (χ2v) is 8.21. The van der Waals surface area contributed by atoms with Crippen LogP contribution in [0.4, 0.5) is 0 Å². The number of thioether (sulfide) groups is 2. The van der Waals surface area contributed by atoms with Gasteiger partial charge in [-0.1, -0.05) is 18.2 Å². The van der Waals surface area contributed by atoms with Crippen molar-refractivity contribution in [3.8, 4) is 5.69 Å². The summed E-state index contributed by atoms with van der Waals surface area (Å²) >= 11 is 3.49.